The molecule has 23 heavy (non-hydrogen) atoms. The molecule has 5 nitrogen and oxygen atoms in total. The fraction of sp³-hybridized carbons (Fsp3) is 0.294. The van der Waals surface area contributed by atoms with Crippen LogP contribution in [0.1, 0.15) is 29.3 Å². The van der Waals surface area contributed by atoms with Gasteiger partial charge in [0.25, 0.3) is 5.91 Å². The average Bonchev–Trinajstić information content (AvgIpc) is 3.09. The highest BCUT2D eigenvalue weighted by Gasteiger charge is 2.09. The van der Waals surface area contributed by atoms with E-state index in [4.69, 9.17) is 9.47 Å². The van der Waals surface area contributed by atoms with Crippen molar-refractivity contribution in [1.29, 1.82) is 0 Å². The van der Waals surface area contributed by atoms with E-state index in [0.717, 1.165) is 5.56 Å². The van der Waals surface area contributed by atoms with Gasteiger partial charge in [-0.3, -0.25) is 9.59 Å². The number of rotatable bonds is 8. The largest absolute Gasteiger partial charge is 0.493 e. The lowest BCUT2D eigenvalue weighted by atomic mass is 10.2. The summed E-state index contributed by atoms with van der Waals surface area (Å²) in [5, 5.41) is 6.28. The van der Waals surface area contributed by atoms with Gasteiger partial charge in [-0.05, 0) is 24.4 Å². The van der Waals surface area contributed by atoms with Crippen LogP contribution < -0.4 is 10.1 Å². The number of amides is 1. The van der Waals surface area contributed by atoms with Gasteiger partial charge in [0.05, 0.1) is 13.0 Å². The van der Waals surface area contributed by atoms with E-state index in [1.54, 1.807) is 11.4 Å². The molecule has 0 bridgehead atoms. The minimum absolute atomic E-state index is 0.132. The Balaban J connectivity index is 1.72. The van der Waals surface area contributed by atoms with E-state index in [1.165, 1.54) is 11.3 Å². The van der Waals surface area contributed by atoms with Crippen LogP contribution in [0, 0.1) is 0 Å². The second-order valence-electron chi connectivity index (χ2n) is 4.72. The molecule has 0 radical (unpaired) electrons. The summed E-state index contributed by atoms with van der Waals surface area (Å²) in [5.74, 6) is 0.177. The number of benzene rings is 1. The van der Waals surface area contributed by atoms with E-state index in [9.17, 15) is 9.59 Å². The zero-order valence-corrected chi connectivity index (χ0v) is 13.7. The molecule has 6 heteroatoms. The Morgan fingerprint density at radius 3 is 2.78 bits per heavy atom. The van der Waals surface area contributed by atoms with Crippen LogP contribution >= 0.6 is 11.3 Å². The van der Waals surface area contributed by atoms with Crippen molar-refractivity contribution in [3.05, 3.63) is 52.2 Å². The van der Waals surface area contributed by atoms with Crippen LogP contribution in [0.5, 0.6) is 5.75 Å². The molecule has 2 aromatic rings. The Kier molecular flexibility index (Phi) is 6.62. The van der Waals surface area contributed by atoms with Crippen molar-refractivity contribution in [2.45, 2.75) is 20.0 Å². The molecule has 2 rings (SSSR count). The predicted octanol–water partition coefficient (Wildman–Crippen LogP) is 3.01. The van der Waals surface area contributed by atoms with Crippen molar-refractivity contribution in [1.82, 2.24) is 5.32 Å². The second kappa shape index (κ2) is 8.95. The van der Waals surface area contributed by atoms with Gasteiger partial charge in [-0.2, -0.15) is 11.3 Å². The molecule has 0 aliphatic carbocycles. The van der Waals surface area contributed by atoms with Gasteiger partial charge in [-0.1, -0.05) is 18.2 Å². The zero-order chi connectivity index (χ0) is 16.5. The van der Waals surface area contributed by atoms with Crippen LogP contribution in [-0.4, -0.2) is 25.0 Å². The summed E-state index contributed by atoms with van der Waals surface area (Å²) < 4.78 is 10.7. The van der Waals surface area contributed by atoms with Gasteiger partial charge < -0.3 is 14.8 Å². The smallest absolute Gasteiger partial charge is 0.307 e. The van der Waals surface area contributed by atoms with E-state index in [2.05, 4.69) is 5.32 Å². The molecule has 0 aliphatic heterocycles. The quantitative estimate of drug-likeness (QED) is 0.754. The normalized spacial score (nSPS) is 10.1. The highest BCUT2D eigenvalue weighted by molar-refractivity contribution is 7.08. The molecule has 0 atom stereocenters. The summed E-state index contributed by atoms with van der Waals surface area (Å²) >= 11 is 1.45. The molecule has 1 aromatic carbocycles. The van der Waals surface area contributed by atoms with Crippen molar-refractivity contribution < 1.29 is 19.1 Å². The zero-order valence-electron chi connectivity index (χ0n) is 12.9. The van der Waals surface area contributed by atoms with Gasteiger partial charge in [-0.25, -0.2) is 0 Å². The fourth-order valence-corrected chi connectivity index (χ4v) is 2.56. The standard InChI is InChI=1S/C17H19NO4S/c1-2-21-15-6-4-3-5-13(15)11-22-16(19)7-9-18-17(20)14-8-10-23-12-14/h3-6,8,10,12H,2,7,9,11H2,1H3,(H,18,20). The second-order valence-corrected chi connectivity index (χ2v) is 5.50. The first kappa shape index (κ1) is 17.0. The third kappa shape index (κ3) is 5.41. The molecule has 0 unspecified atom stereocenters. The predicted molar refractivity (Wildman–Crippen MR) is 88.7 cm³/mol. The number of hydrogen-bond donors (Lipinski definition) is 1. The highest BCUT2D eigenvalue weighted by Crippen LogP contribution is 2.18. The maximum Gasteiger partial charge on any atom is 0.307 e. The first-order chi connectivity index (χ1) is 11.2. The number of esters is 1. The summed E-state index contributed by atoms with van der Waals surface area (Å²) in [6, 6.07) is 9.18. The van der Waals surface area contributed by atoms with Crippen molar-refractivity contribution in [2.24, 2.45) is 0 Å². The molecule has 1 N–H and O–H groups in total. The Morgan fingerprint density at radius 1 is 1.22 bits per heavy atom. The monoisotopic (exact) mass is 333 g/mol. The lowest BCUT2D eigenvalue weighted by Gasteiger charge is -2.10. The van der Waals surface area contributed by atoms with Crippen LogP contribution in [0.15, 0.2) is 41.1 Å². The third-order valence-corrected chi connectivity index (χ3v) is 3.74. The summed E-state index contributed by atoms with van der Waals surface area (Å²) in [6.07, 6.45) is 0.132. The van der Waals surface area contributed by atoms with Gasteiger partial charge in [0.1, 0.15) is 12.4 Å². The molecule has 1 heterocycles. The first-order valence-electron chi connectivity index (χ1n) is 7.37. The fourth-order valence-electron chi connectivity index (χ4n) is 1.92. The highest BCUT2D eigenvalue weighted by atomic mass is 32.1. The van der Waals surface area contributed by atoms with E-state index < -0.39 is 0 Å². The van der Waals surface area contributed by atoms with Crippen molar-refractivity contribution in [2.75, 3.05) is 13.2 Å². The molecule has 1 aromatic heterocycles. The van der Waals surface area contributed by atoms with Crippen LogP contribution in [0.25, 0.3) is 0 Å². The maximum absolute atomic E-state index is 11.7. The van der Waals surface area contributed by atoms with Gasteiger partial charge in [-0.15, -0.1) is 0 Å². The number of carbonyl (C=O) groups is 2. The summed E-state index contributed by atoms with van der Waals surface area (Å²) in [4.78, 5) is 23.5. The summed E-state index contributed by atoms with van der Waals surface area (Å²) in [5.41, 5.74) is 1.43. The Hall–Kier alpha value is -2.34. The van der Waals surface area contributed by atoms with Gasteiger partial charge in [0.2, 0.25) is 0 Å². The SMILES string of the molecule is CCOc1ccccc1COC(=O)CCNC(=O)c1ccsc1. The van der Waals surface area contributed by atoms with E-state index in [-0.39, 0.29) is 31.4 Å². The maximum atomic E-state index is 11.7. The van der Waals surface area contributed by atoms with Crippen LogP contribution in [0.3, 0.4) is 0 Å². The van der Waals surface area contributed by atoms with Crippen LogP contribution in [0.2, 0.25) is 0 Å². The number of nitrogens with one attached hydrogen (secondary N) is 1. The number of hydrogen-bond acceptors (Lipinski definition) is 5. The summed E-state index contributed by atoms with van der Waals surface area (Å²) in [6.45, 7) is 2.87. The molecule has 0 saturated carbocycles. The number of carbonyl (C=O) groups excluding carboxylic acids is 2. The lowest BCUT2D eigenvalue weighted by Crippen LogP contribution is -2.26. The van der Waals surface area contributed by atoms with Crippen LogP contribution in [-0.2, 0) is 16.1 Å². The van der Waals surface area contributed by atoms with Crippen molar-refractivity contribution >= 4 is 23.2 Å². The van der Waals surface area contributed by atoms with Gasteiger partial charge in [0.15, 0.2) is 0 Å². The van der Waals surface area contributed by atoms with E-state index >= 15 is 0 Å². The Morgan fingerprint density at radius 2 is 2.04 bits per heavy atom. The number of ether oxygens (including phenoxy) is 2. The third-order valence-electron chi connectivity index (χ3n) is 3.06. The summed E-state index contributed by atoms with van der Waals surface area (Å²) in [7, 11) is 0. The van der Waals surface area contributed by atoms with Crippen molar-refractivity contribution in [3.8, 4) is 5.75 Å². The van der Waals surface area contributed by atoms with Gasteiger partial charge >= 0.3 is 5.97 Å². The van der Waals surface area contributed by atoms with E-state index in [1.807, 2.05) is 36.6 Å². The van der Waals surface area contributed by atoms with Gasteiger partial charge in [0, 0.05) is 23.1 Å². The van der Waals surface area contributed by atoms with Crippen molar-refractivity contribution in [3.63, 3.8) is 0 Å². The Bertz CT molecular complexity index is 640. The molecular formula is C17H19NO4S. The first-order valence-corrected chi connectivity index (χ1v) is 8.31. The van der Waals surface area contributed by atoms with E-state index in [0.29, 0.717) is 17.9 Å². The molecule has 0 fully saturated rings. The lowest BCUT2D eigenvalue weighted by molar-refractivity contribution is -0.144. The minimum atomic E-state index is -0.359. The number of para-hydroxylation sites is 1. The molecular weight excluding hydrogens is 314 g/mol. The minimum Gasteiger partial charge on any atom is -0.493 e. The number of thiophene rings is 1. The molecule has 1 amide bonds. The molecule has 0 spiro atoms. The molecule has 0 aliphatic rings. The molecule has 0 saturated heterocycles. The topological polar surface area (TPSA) is 64.6 Å². The Labute approximate surface area is 139 Å². The average molecular weight is 333 g/mol. The molecule has 122 valence electrons. The van der Waals surface area contributed by atoms with Crippen LogP contribution in [0.4, 0.5) is 0 Å².